The minimum absolute atomic E-state index is 0.202. The van der Waals surface area contributed by atoms with Gasteiger partial charge in [0.15, 0.2) is 0 Å². The predicted octanol–water partition coefficient (Wildman–Crippen LogP) is 4.73. The molecule has 6 heteroatoms. The molecule has 0 N–H and O–H groups in total. The number of fused-ring (bicyclic) bond motifs is 1. The fourth-order valence-electron chi connectivity index (χ4n) is 3.85. The molecule has 0 amide bonds. The highest BCUT2D eigenvalue weighted by Crippen LogP contribution is 2.31. The van der Waals surface area contributed by atoms with Crippen LogP contribution in [0.15, 0.2) is 47.2 Å². The van der Waals surface area contributed by atoms with Gasteiger partial charge in [0.05, 0.1) is 16.9 Å². The Hall–Kier alpha value is -2.05. The van der Waals surface area contributed by atoms with Crippen LogP contribution in [0.4, 0.5) is 10.1 Å². The number of likely N-dealkylation sites (N-methyl/N-ethyl adjacent to an activating group) is 1. The number of rotatable bonds is 3. The Morgan fingerprint density at radius 2 is 2.00 bits per heavy atom. The molecular weight excluding hydrogens is 407 g/mol. The normalized spacial score (nSPS) is 18.2. The fraction of sp³-hybridized carbons (Fsp3) is 0.333. The van der Waals surface area contributed by atoms with Crippen LogP contribution in [0.25, 0.3) is 22.2 Å². The molecule has 1 aliphatic heterocycles. The molecule has 4 rings (SSSR count). The van der Waals surface area contributed by atoms with Crippen LogP contribution in [0.2, 0.25) is 0 Å². The van der Waals surface area contributed by atoms with Gasteiger partial charge in [0.2, 0.25) is 0 Å². The largest absolute Gasteiger partial charge is 0.366 e. The number of aromatic nitrogens is 2. The molecule has 3 aromatic rings. The van der Waals surface area contributed by atoms with Crippen LogP contribution in [0.1, 0.15) is 13.8 Å². The molecule has 0 bridgehead atoms. The van der Waals surface area contributed by atoms with E-state index in [0.29, 0.717) is 11.7 Å². The summed E-state index contributed by atoms with van der Waals surface area (Å²) in [5.41, 5.74) is 3.02. The van der Waals surface area contributed by atoms with Gasteiger partial charge in [-0.2, -0.15) is 0 Å². The number of benzene rings is 2. The van der Waals surface area contributed by atoms with Gasteiger partial charge in [-0.25, -0.2) is 14.4 Å². The maximum absolute atomic E-state index is 15.0. The van der Waals surface area contributed by atoms with Crippen LogP contribution in [0.5, 0.6) is 0 Å². The fourth-order valence-corrected chi connectivity index (χ4v) is 4.21. The summed E-state index contributed by atoms with van der Waals surface area (Å²) in [6.07, 6.45) is 1.53. The van der Waals surface area contributed by atoms with E-state index in [9.17, 15) is 4.39 Å². The van der Waals surface area contributed by atoms with Gasteiger partial charge in [0.1, 0.15) is 12.1 Å². The maximum Gasteiger partial charge on any atom is 0.147 e. The van der Waals surface area contributed by atoms with E-state index in [1.807, 2.05) is 30.3 Å². The molecule has 1 aromatic heterocycles. The Kier molecular flexibility index (Phi) is 5.10. The molecule has 1 aliphatic rings. The molecule has 1 fully saturated rings. The van der Waals surface area contributed by atoms with Crippen molar-refractivity contribution in [3.05, 3.63) is 53.0 Å². The van der Waals surface area contributed by atoms with Crippen LogP contribution in [-0.2, 0) is 0 Å². The SMILES string of the molecule is CCN1CCN(c2ccc(-c3ncnc4ccc(Br)cc34)cc2F)CC1C. The first-order valence-electron chi connectivity index (χ1n) is 9.26. The van der Waals surface area contributed by atoms with Gasteiger partial charge in [-0.05, 0) is 43.8 Å². The second-order valence-electron chi connectivity index (χ2n) is 6.97. The lowest BCUT2D eigenvalue weighted by Crippen LogP contribution is -2.51. The highest BCUT2D eigenvalue weighted by Gasteiger charge is 2.24. The number of anilines is 1. The van der Waals surface area contributed by atoms with Gasteiger partial charge >= 0.3 is 0 Å². The van der Waals surface area contributed by atoms with Gasteiger partial charge in [0.25, 0.3) is 0 Å². The van der Waals surface area contributed by atoms with E-state index in [1.54, 1.807) is 6.07 Å². The van der Waals surface area contributed by atoms with Crippen molar-refractivity contribution in [2.45, 2.75) is 19.9 Å². The van der Waals surface area contributed by atoms with Crippen molar-refractivity contribution in [2.24, 2.45) is 0 Å². The third-order valence-electron chi connectivity index (χ3n) is 5.33. The van der Waals surface area contributed by atoms with Crippen molar-refractivity contribution in [1.29, 1.82) is 0 Å². The molecule has 2 aromatic carbocycles. The zero-order valence-corrected chi connectivity index (χ0v) is 17.1. The van der Waals surface area contributed by atoms with E-state index in [0.717, 1.165) is 52.8 Å². The molecule has 4 nitrogen and oxygen atoms in total. The van der Waals surface area contributed by atoms with Gasteiger partial charge in [-0.1, -0.05) is 28.9 Å². The number of piperazine rings is 1. The van der Waals surface area contributed by atoms with Crippen LogP contribution in [-0.4, -0.2) is 47.1 Å². The molecule has 0 aliphatic carbocycles. The van der Waals surface area contributed by atoms with Crippen molar-refractivity contribution in [3.8, 4) is 11.3 Å². The van der Waals surface area contributed by atoms with Gasteiger partial charge in [-0.15, -0.1) is 0 Å². The Balaban J connectivity index is 1.68. The molecule has 0 radical (unpaired) electrons. The van der Waals surface area contributed by atoms with Crippen molar-refractivity contribution < 1.29 is 4.39 Å². The van der Waals surface area contributed by atoms with E-state index in [2.05, 4.69) is 49.5 Å². The lowest BCUT2D eigenvalue weighted by molar-refractivity contribution is 0.199. The highest BCUT2D eigenvalue weighted by atomic mass is 79.9. The summed E-state index contributed by atoms with van der Waals surface area (Å²) in [4.78, 5) is 13.3. The summed E-state index contributed by atoms with van der Waals surface area (Å²) >= 11 is 3.49. The number of hydrogen-bond acceptors (Lipinski definition) is 4. The molecule has 140 valence electrons. The number of nitrogens with zero attached hydrogens (tertiary/aromatic N) is 4. The van der Waals surface area contributed by atoms with E-state index in [-0.39, 0.29) is 5.82 Å². The first-order valence-corrected chi connectivity index (χ1v) is 10.1. The van der Waals surface area contributed by atoms with Crippen molar-refractivity contribution >= 4 is 32.5 Å². The lowest BCUT2D eigenvalue weighted by Gasteiger charge is -2.40. The molecule has 0 spiro atoms. The number of halogens is 2. The Labute approximate surface area is 167 Å². The number of hydrogen-bond donors (Lipinski definition) is 0. The lowest BCUT2D eigenvalue weighted by atomic mass is 10.0. The first kappa shape index (κ1) is 18.3. The van der Waals surface area contributed by atoms with E-state index in [1.165, 1.54) is 6.33 Å². The van der Waals surface area contributed by atoms with Crippen LogP contribution in [0.3, 0.4) is 0 Å². The van der Waals surface area contributed by atoms with Crippen molar-refractivity contribution in [1.82, 2.24) is 14.9 Å². The quantitative estimate of drug-likeness (QED) is 0.603. The minimum atomic E-state index is -0.202. The van der Waals surface area contributed by atoms with Gasteiger partial charge in [0, 0.05) is 41.1 Å². The van der Waals surface area contributed by atoms with E-state index in [4.69, 9.17) is 0 Å². The first-order chi connectivity index (χ1) is 13.1. The van der Waals surface area contributed by atoms with E-state index >= 15 is 0 Å². The second-order valence-corrected chi connectivity index (χ2v) is 7.89. The summed E-state index contributed by atoms with van der Waals surface area (Å²) in [5, 5.41) is 0.907. The van der Waals surface area contributed by atoms with Crippen LogP contribution < -0.4 is 4.90 Å². The summed E-state index contributed by atoms with van der Waals surface area (Å²) in [5.74, 6) is -0.202. The maximum atomic E-state index is 15.0. The van der Waals surface area contributed by atoms with Crippen molar-refractivity contribution in [2.75, 3.05) is 31.1 Å². The van der Waals surface area contributed by atoms with E-state index < -0.39 is 0 Å². The highest BCUT2D eigenvalue weighted by molar-refractivity contribution is 9.10. The smallest absolute Gasteiger partial charge is 0.147 e. The Morgan fingerprint density at radius 1 is 1.15 bits per heavy atom. The molecule has 1 atom stereocenters. The second kappa shape index (κ2) is 7.52. The molecule has 1 unspecified atom stereocenters. The van der Waals surface area contributed by atoms with Crippen LogP contribution >= 0.6 is 15.9 Å². The average molecular weight is 429 g/mol. The predicted molar refractivity (Wildman–Crippen MR) is 112 cm³/mol. The Morgan fingerprint density at radius 3 is 2.74 bits per heavy atom. The summed E-state index contributed by atoms with van der Waals surface area (Å²) < 4.78 is 15.9. The topological polar surface area (TPSA) is 32.3 Å². The monoisotopic (exact) mass is 428 g/mol. The summed E-state index contributed by atoms with van der Waals surface area (Å²) in [6, 6.07) is 11.7. The molecule has 27 heavy (non-hydrogen) atoms. The third kappa shape index (κ3) is 3.56. The summed E-state index contributed by atoms with van der Waals surface area (Å²) in [6.45, 7) is 8.06. The zero-order valence-electron chi connectivity index (χ0n) is 15.5. The van der Waals surface area contributed by atoms with Crippen molar-refractivity contribution in [3.63, 3.8) is 0 Å². The van der Waals surface area contributed by atoms with Gasteiger partial charge in [-0.3, -0.25) is 4.90 Å². The molecule has 1 saturated heterocycles. The molecule has 0 saturated carbocycles. The zero-order chi connectivity index (χ0) is 19.0. The average Bonchev–Trinajstić information content (AvgIpc) is 2.67. The summed E-state index contributed by atoms with van der Waals surface area (Å²) in [7, 11) is 0. The standard InChI is InChI=1S/C21H22BrFN4/c1-3-26-8-9-27(12-14(26)2)20-7-4-15(10-18(20)23)21-17-11-16(22)5-6-19(17)24-13-25-21/h4-7,10-11,13-14H,3,8-9,12H2,1-2H3. The molecule has 2 heterocycles. The van der Waals surface area contributed by atoms with Crippen LogP contribution in [0, 0.1) is 5.82 Å². The van der Waals surface area contributed by atoms with Gasteiger partial charge < -0.3 is 4.90 Å². The Bertz CT molecular complexity index is 978. The third-order valence-corrected chi connectivity index (χ3v) is 5.82. The molecular formula is C21H22BrFN4. The minimum Gasteiger partial charge on any atom is -0.366 e.